The Kier molecular flexibility index (Phi) is 9.92. The maximum Gasteiger partial charge on any atom is 0.0615 e. The first kappa shape index (κ1) is 15.8. The maximum absolute atomic E-state index is 9.20. The van der Waals surface area contributed by atoms with Crippen LogP contribution in [0.2, 0.25) is 0 Å². The normalized spacial score (nSPS) is 15.4. The van der Waals surface area contributed by atoms with Crippen LogP contribution in [0.1, 0.15) is 26.7 Å². The van der Waals surface area contributed by atoms with Gasteiger partial charge >= 0.3 is 0 Å². The summed E-state index contributed by atoms with van der Waals surface area (Å²) in [5, 5.41) is 12.5. The summed E-state index contributed by atoms with van der Waals surface area (Å²) in [6.07, 6.45) is 2.08. The molecule has 0 amide bonds. The third-order valence-corrected chi connectivity index (χ3v) is 2.89. The fourth-order valence-electron chi connectivity index (χ4n) is 1.55. The molecule has 0 saturated heterocycles. The molecular formula is C12H28N2O2. The third kappa shape index (κ3) is 7.17. The molecule has 16 heavy (non-hydrogen) atoms. The zero-order valence-corrected chi connectivity index (χ0v) is 11.2. The highest BCUT2D eigenvalue weighted by molar-refractivity contribution is 4.69. The van der Waals surface area contributed by atoms with E-state index in [4.69, 9.17) is 4.74 Å². The first-order valence-corrected chi connectivity index (χ1v) is 6.19. The fraction of sp³-hybridized carbons (Fsp3) is 1.00. The van der Waals surface area contributed by atoms with Gasteiger partial charge in [0.25, 0.3) is 0 Å². The van der Waals surface area contributed by atoms with Crippen molar-refractivity contribution in [3.8, 4) is 0 Å². The number of methoxy groups -OCH3 is 1. The number of aliphatic hydroxyl groups is 1. The van der Waals surface area contributed by atoms with Gasteiger partial charge in [0.15, 0.2) is 0 Å². The van der Waals surface area contributed by atoms with E-state index in [1.165, 1.54) is 0 Å². The predicted octanol–water partition coefficient (Wildman–Crippen LogP) is 0.704. The second-order valence-corrected chi connectivity index (χ2v) is 4.41. The van der Waals surface area contributed by atoms with Crippen LogP contribution < -0.4 is 5.32 Å². The summed E-state index contributed by atoms with van der Waals surface area (Å²) in [6, 6.07) is 0.646. The molecule has 0 aromatic carbocycles. The molecule has 4 nitrogen and oxygen atoms in total. The maximum atomic E-state index is 9.20. The molecule has 2 N–H and O–H groups in total. The molecule has 0 saturated carbocycles. The first-order chi connectivity index (χ1) is 7.65. The zero-order valence-electron chi connectivity index (χ0n) is 11.2. The van der Waals surface area contributed by atoms with E-state index < -0.39 is 0 Å². The third-order valence-electron chi connectivity index (χ3n) is 2.89. The van der Waals surface area contributed by atoms with Gasteiger partial charge in [-0.05, 0) is 39.9 Å². The van der Waals surface area contributed by atoms with Crippen LogP contribution >= 0.6 is 0 Å². The lowest BCUT2D eigenvalue weighted by Gasteiger charge is -2.26. The van der Waals surface area contributed by atoms with E-state index in [-0.39, 0.29) is 12.6 Å². The lowest BCUT2D eigenvalue weighted by molar-refractivity contribution is 0.110. The van der Waals surface area contributed by atoms with E-state index in [0.29, 0.717) is 6.04 Å². The predicted molar refractivity (Wildman–Crippen MR) is 67.8 cm³/mol. The molecule has 0 aromatic heterocycles. The Bertz CT molecular complexity index is 154. The van der Waals surface area contributed by atoms with Gasteiger partial charge in [0, 0.05) is 19.2 Å². The Hall–Kier alpha value is -0.160. The van der Waals surface area contributed by atoms with Crippen molar-refractivity contribution in [3.63, 3.8) is 0 Å². The molecule has 0 aliphatic carbocycles. The van der Waals surface area contributed by atoms with Crippen molar-refractivity contribution in [1.29, 1.82) is 0 Å². The molecule has 0 spiro atoms. The van der Waals surface area contributed by atoms with Crippen molar-refractivity contribution >= 4 is 0 Å². The number of hydrogen-bond donors (Lipinski definition) is 2. The van der Waals surface area contributed by atoms with Gasteiger partial charge in [-0.1, -0.05) is 6.92 Å². The van der Waals surface area contributed by atoms with Gasteiger partial charge in [0.2, 0.25) is 0 Å². The van der Waals surface area contributed by atoms with Crippen LogP contribution in [-0.2, 0) is 4.74 Å². The molecule has 2 atom stereocenters. The van der Waals surface area contributed by atoms with Crippen molar-refractivity contribution in [2.45, 2.75) is 38.8 Å². The first-order valence-electron chi connectivity index (χ1n) is 6.19. The average molecular weight is 232 g/mol. The van der Waals surface area contributed by atoms with E-state index >= 15 is 0 Å². The van der Waals surface area contributed by atoms with Crippen LogP contribution in [0.25, 0.3) is 0 Å². The van der Waals surface area contributed by atoms with E-state index in [9.17, 15) is 5.11 Å². The molecule has 0 aromatic rings. The van der Waals surface area contributed by atoms with Crippen LogP contribution in [-0.4, -0.2) is 62.6 Å². The van der Waals surface area contributed by atoms with Crippen LogP contribution in [0.15, 0.2) is 0 Å². The molecule has 0 bridgehead atoms. The molecule has 0 aliphatic rings. The smallest absolute Gasteiger partial charge is 0.0615 e. The lowest BCUT2D eigenvalue weighted by Crippen LogP contribution is -2.39. The highest BCUT2D eigenvalue weighted by atomic mass is 16.5. The number of nitrogens with zero attached hydrogens (tertiary/aromatic N) is 1. The quantitative estimate of drug-likeness (QED) is 0.582. The van der Waals surface area contributed by atoms with Crippen molar-refractivity contribution in [3.05, 3.63) is 0 Å². The average Bonchev–Trinajstić information content (AvgIpc) is 2.29. The number of aliphatic hydroxyl groups excluding tert-OH is 1. The van der Waals surface area contributed by atoms with Gasteiger partial charge < -0.3 is 20.1 Å². The van der Waals surface area contributed by atoms with E-state index in [1.54, 1.807) is 7.11 Å². The molecule has 98 valence electrons. The minimum atomic E-state index is 0.215. The Morgan fingerprint density at radius 1 is 1.44 bits per heavy atom. The standard InChI is InChI=1S/C12H28N2O2/c1-5-7-13-12(9-15)6-8-14(3)11(2)10-16-4/h11-13,15H,5-10H2,1-4H3. The Balaban J connectivity index is 3.73. The van der Waals surface area contributed by atoms with Crippen molar-refractivity contribution < 1.29 is 9.84 Å². The van der Waals surface area contributed by atoms with Gasteiger partial charge in [-0.3, -0.25) is 0 Å². The van der Waals surface area contributed by atoms with E-state index in [0.717, 1.165) is 32.5 Å². The summed E-state index contributed by atoms with van der Waals surface area (Å²) in [7, 11) is 3.82. The Morgan fingerprint density at radius 3 is 2.62 bits per heavy atom. The summed E-state index contributed by atoms with van der Waals surface area (Å²) < 4.78 is 5.12. The summed E-state index contributed by atoms with van der Waals surface area (Å²) in [6.45, 7) is 7.20. The number of likely N-dealkylation sites (N-methyl/N-ethyl adjacent to an activating group) is 1. The van der Waals surface area contributed by atoms with Crippen molar-refractivity contribution in [2.24, 2.45) is 0 Å². The SMILES string of the molecule is CCCNC(CO)CCN(C)C(C)COC. The zero-order chi connectivity index (χ0) is 12.4. The molecule has 0 rings (SSSR count). The van der Waals surface area contributed by atoms with Crippen LogP contribution in [0.3, 0.4) is 0 Å². The Morgan fingerprint density at radius 2 is 2.12 bits per heavy atom. The second-order valence-electron chi connectivity index (χ2n) is 4.41. The summed E-state index contributed by atoms with van der Waals surface area (Å²) in [4.78, 5) is 2.26. The molecular weight excluding hydrogens is 204 g/mol. The van der Waals surface area contributed by atoms with Gasteiger partial charge in [-0.25, -0.2) is 0 Å². The molecule has 2 unspecified atom stereocenters. The van der Waals surface area contributed by atoms with Gasteiger partial charge in [-0.15, -0.1) is 0 Å². The minimum Gasteiger partial charge on any atom is -0.395 e. The van der Waals surface area contributed by atoms with Crippen molar-refractivity contribution in [2.75, 3.05) is 40.5 Å². The molecule has 0 radical (unpaired) electrons. The summed E-state index contributed by atoms with van der Waals surface area (Å²) >= 11 is 0. The van der Waals surface area contributed by atoms with Gasteiger partial charge in [0.05, 0.1) is 13.2 Å². The van der Waals surface area contributed by atoms with Crippen LogP contribution in [0.4, 0.5) is 0 Å². The highest BCUT2D eigenvalue weighted by Crippen LogP contribution is 2.00. The molecule has 0 fully saturated rings. The van der Waals surface area contributed by atoms with Crippen molar-refractivity contribution in [1.82, 2.24) is 10.2 Å². The monoisotopic (exact) mass is 232 g/mol. The molecule has 4 heteroatoms. The Labute approximate surface area is 100.0 Å². The largest absolute Gasteiger partial charge is 0.395 e. The number of nitrogens with one attached hydrogen (secondary N) is 1. The van der Waals surface area contributed by atoms with Crippen LogP contribution in [0.5, 0.6) is 0 Å². The number of hydrogen-bond acceptors (Lipinski definition) is 4. The van der Waals surface area contributed by atoms with Gasteiger partial charge in [-0.2, -0.15) is 0 Å². The molecule has 0 heterocycles. The summed E-state index contributed by atoms with van der Waals surface area (Å²) in [5.74, 6) is 0. The van der Waals surface area contributed by atoms with E-state index in [2.05, 4.69) is 31.1 Å². The minimum absolute atomic E-state index is 0.215. The van der Waals surface area contributed by atoms with E-state index in [1.807, 2.05) is 0 Å². The lowest BCUT2D eigenvalue weighted by atomic mass is 10.2. The number of rotatable bonds is 10. The van der Waals surface area contributed by atoms with Gasteiger partial charge in [0.1, 0.15) is 0 Å². The fourth-order valence-corrected chi connectivity index (χ4v) is 1.55. The van der Waals surface area contributed by atoms with Crippen LogP contribution in [0, 0.1) is 0 Å². The topological polar surface area (TPSA) is 44.7 Å². The second kappa shape index (κ2) is 10.0. The number of ether oxygens (including phenoxy) is 1. The summed E-state index contributed by atoms with van der Waals surface area (Å²) in [5.41, 5.74) is 0. The molecule has 0 aliphatic heterocycles. The highest BCUT2D eigenvalue weighted by Gasteiger charge is 2.11.